The van der Waals surface area contributed by atoms with Crippen molar-refractivity contribution in [2.75, 3.05) is 0 Å². The molecular weight excluding hydrogens is 252 g/mol. The molecule has 0 N–H and O–H groups in total. The highest BCUT2D eigenvalue weighted by Gasteiger charge is 2.14. The Morgan fingerprint density at radius 3 is 2.42 bits per heavy atom. The molecule has 0 saturated carbocycles. The van der Waals surface area contributed by atoms with Crippen molar-refractivity contribution in [2.45, 2.75) is 30.6 Å². The first-order chi connectivity index (χ1) is 9.15. The van der Waals surface area contributed by atoms with Crippen LogP contribution in [-0.2, 0) is 0 Å². The smallest absolute Gasteiger partial charge is 0.138 e. The number of benzene rings is 2. The summed E-state index contributed by atoms with van der Waals surface area (Å²) in [6.45, 7) is 6.28. The molecule has 0 unspecified atom stereocenters. The molecule has 1 heterocycles. The van der Waals surface area contributed by atoms with Crippen LogP contribution in [-0.4, -0.2) is 0 Å². The van der Waals surface area contributed by atoms with Gasteiger partial charge in [0.25, 0.3) is 0 Å². The van der Waals surface area contributed by atoms with E-state index in [-0.39, 0.29) is 0 Å². The third-order valence-corrected chi connectivity index (χ3v) is 4.42. The standard InChI is InChI=1S/C17H16OS/c1-11-9-12(2)16-15(10-11)17(13(3)18-16)19-14-7-5-4-6-8-14/h4-10H,1-3H3. The predicted octanol–water partition coefficient (Wildman–Crippen LogP) is 5.51. The molecule has 0 fully saturated rings. The molecule has 0 radical (unpaired) electrons. The molecule has 96 valence electrons. The van der Waals surface area contributed by atoms with Gasteiger partial charge in [0.05, 0.1) is 4.90 Å². The van der Waals surface area contributed by atoms with Gasteiger partial charge in [0.1, 0.15) is 11.3 Å². The zero-order valence-electron chi connectivity index (χ0n) is 11.4. The lowest BCUT2D eigenvalue weighted by atomic mass is 10.1. The minimum absolute atomic E-state index is 0.998. The molecule has 0 saturated heterocycles. The highest BCUT2D eigenvalue weighted by Crippen LogP contribution is 2.39. The second-order valence-corrected chi connectivity index (χ2v) is 5.94. The number of aryl methyl sites for hydroxylation is 3. The van der Waals surface area contributed by atoms with E-state index in [4.69, 9.17) is 4.42 Å². The van der Waals surface area contributed by atoms with Crippen molar-refractivity contribution in [3.8, 4) is 0 Å². The third kappa shape index (κ3) is 2.28. The summed E-state index contributed by atoms with van der Waals surface area (Å²) >= 11 is 1.77. The Hall–Kier alpha value is -1.67. The van der Waals surface area contributed by atoms with E-state index in [9.17, 15) is 0 Å². The van der Waals surface area contributed by atoms with Gasteiger partial charge in [-0.25, -0.2) is 0 Å². The average Bonchev–Trinajstić information content (AvgIpc) is 2.69. The number of furan rings is 1. The Morgan fingerprint density at radius 2 is 1.68 bits per heavy atom. The van der Waals surface area contributed by atoms with Gasteiger partial charge in [0.2, 0.25) is 0 Å². The van der Waals surface area contributed by atoms with Crippen LogP contribution in [0, 0.1) is 20.8 Å². The van der Waals surface area contributed by atoms with Crippen molar-refractivity contribution in [1.82, 2.24) is 0 Å². The monoisotopic (exact) mass is 268 g/mol. The van der Waals surface area contributed by atoms with Crippen LogP contribution in [0.1, 0.15) is 16.9 Å². The molecule has 0 bridgehead atoms. The minimum atomic E-state index is 0.998. The topological polar surface area (TPSA) is 13.1 Å². The van der Waals surface area contributed by atoms with Crippen LogP contribution < -0.4 is 0 Å². The van der Waals surface area contributed by atoms with Crippen molar-refractivity contribution in [3.05, 3.63) is 59.4 Å². The lowest BCUT2D eigenvalue weighted by molar-refractivity contribution is 0.566. The summed E-state index contributed by atoms with van der Waals surface area (Å²) in [6.07, 6.45) is 0. The molecule has 1 aromatic heterocycles. The first kappa shape index (κ1) is 12.4. The molecule has 0 aliphatic heterocycles. The Morgan fingerprint density at radius 1 is 0.947 bits per heavy atom. The molecule has 2 heteroatoms. The van der Waals surface area contributed by atoms with Crippen LogP contribution in [0.15, 0.2) is 56.7 Å². The van der Waals surface area contributed by atoms with Crippen LogP contribution in [0.25, 0.3) is 11.0 Å². The first-order valence-corrected chi connectivity index (χ1v) is 7.20. The highest BCUT2D eigenvalue weighted by molar-refractivity contribution is 7.99. The number of fused-ring (bicyclic) bond motifs is 1. The predicted molar refractivity (Wildman–Crippen MR) is 81.0 cm³/mol. The van der Waals surface area contributed by atoms with Gasteiger partial charge in [-0.1, -0.05) is 36.0 Å². The molecule has 0 amide bonds. The zero-order valence-corrected chi connectivity index (χ0v) is 12.2. The van der Waals surface area contributed by atoms with E-state index >= 15 is 0 Å². The van der Waals surface area contributed by atoms with Crippen LogP contribution >= 0.6 is 11.8 Å². The summed E-state index contributed by atoms with van der Waals surface area (Å²) in [4.78, 5) is 2.47. The Balaban J connectivity index is 2.15. The fourth-order valence-electron chi connectivity index (χ4n) is 2.38. The number of rotatable bonds is 2. The zero-order chi connectivity index (χ0) is 13.4. The van der Waals surface area contributed by atoms with E-state index in [0.717, 1.165) is 11.3 Å². The highest BCUT2D eigenvalue weighted by atomic mass is 32.2. The number of hydrogen-bond acceptors (Lipinski definition) is 2. The van der Waals surface area contributed by atoms with Gasteiger partial charge < -0.3 is 4.42 Å². The second-order valence-electron chi connectivity index (χ2n) is 4.86. The molecule has 0 spiro atoms. The first-order valence-electron chi connectivity index (χ1n) is 6.38. The van der Waals surface area contributed by atoms with Crippen LogP contribution in [0.4, 0.5) is 0 Å². The largest absolute Gasteiger partial charge is 0.460 e. The summed E-state index contributed by atoms with van der Waals surface area (Å²) in [6, 6.07) is 14.8. The molecule has 0 atom stereocenters. The van der Waals surface area contributed by atoms with Crippen LogP contribution in [0.2, 0.25) is 0 Å². The lowest BCUT2D eigenvalue weighted by Gasteiger charge is -2.01. The summed E-state index contributed by atoms with van der Waals surface area (Å²) in [7, 11) is 0. The maximum atomic E-state index is 5.94. The van der Waals surface area contributed by atoms with Crippen molar-refractivity contribution >= 4 is 22.7 Å². The van der Waals surface area contributed by atoms with Gasteiger partial charge in [-0.2, -0.15) is 0 Å². The maximum Gasteiger partial charge on any atom is 0.138 e. The minimum Gasteiger partial charge on any atom is -0.460 e. The van der Waals surface area contributed by atoms with E-state index in [0.29, 0.717) is 0 Å². The van der Waals surface area contributed by atoms with Crippen molar-refractivity contribution in [2.24, 2.45) is 0 Å². The maximum absolute atomic E-state index is 5.94. The van der Waals surface area contributed by atoms with Gasteiger partial charge in [0.15, 0.2) is 0 Å². The Kier molecular flexibility index (Phi) is 3.11. The van der Waals surface area contributed by atoms with E-state index in [1.54, 1.807) is 11.8 Å². The lowest BCUT2D eigenvalue weighted by Crippen LogP contribution is -1.79. The third-order valence-electron chi connectivity index (χ3n) is 3.20. The van der Waals surface area contributed by atoms with Crippen molar-refractivity contribution in [3.63, 3.8) is 0 Å². The molecule has 3 rings (SSSR count). The molecule has 19 heavy (non-hydrogen) atoms. The van der Waals surface area contributed by atoms with Crippen LogP contribution in [0.3, 0.4) is 0 Å². The van der Waals surface area contributed by atoms with E-state index in [2.05, 4.69) is 50.2 Å². The summed E-state index contributed by atoms with van der Waals surface area (Å²) in [5, 5.41) is 1.23. The molecule has 0 aliphatic carbocycles. The SMILES string of the molecule is Cc1cc(C)c2oc(C)c(Sc3ccccc3)c2c1. The molecular formula is C17H16OS. The quantitative estimate of drug-likeness (QED) is 0.608. The van der Waals surface area contributed by atoms with Gasteiger partial charge in [-0.3, -0.25) is 0 Å². The molecule has 2 aromatic carbocycles. The Bertz CT molecular complexity index is 726. The van der Waals surface area contributed by atoms with E-state index in [1.165, 1.54) is 26.3 Å². The fraction of sp³-hybridized carbons (Fsp3) is 0.176. The van der Waals surface area contributed by atoms with Gasteiger partial charge >= 0.3 is 0 Å². The van der Waals surface area contributed by atoms with Gasteiger partial charge in [-0.15, -0.1) is 0 Å². The molecule has 0 aliphatic rings. The van der Waals surface area contributed by atoms with Crippen LogP contribution in [0.5, 0.6) is 0 Å². The normalized spacial score (nSPS) is 11.1. The fourth-order valence-corrected chi connectivity index (χ4v) is 3.36. The summed E-state index contributed by atoms with van der Waals surface area (Å²) in [5.41, 5.74) is 3.50. The summed E-state index contributed by atoms with van der Waals surface area (Å²) in [5.74, 6) is 0.998. The van der Waals surface area contributed by atoms with Crippen molar-refractivity contribution < 1.29 is 4.42 Å². The average molecular weight is 268 g/mol. The van der Waals surface area contributed by atoms with Crippen molar-refractivity contribution in [1.29, 1.82) is 0 Å². The molecule has 3 aromatic rings. The second kappa shape index (κ2) is 4.78. The van der Waals surface area contributed by atoms with E-state index in [1.807, 2.05) is 13.0 Å². The Labute approximate surface area is 117 Å². The molecule has 1 nitrogen and oxygen atoms in total. The van der Waals surface area contributed by atoms with Gasteiger partial charge in [-0.05, 0) is 50.1 Å². The summed E-state index contributed by atoms with van der Waals surface area (Å²) < 4.78 is 5.94. The van der Waals surface area contributed by atoms with Gasteiger partial charge in [0, 0.05) is 10.3 Å². The van der Waals surface area contributed by atoms with E-state index < -0.39 is 0 Å². The number of hydrogen-bond donors (Lipinski definition) is 0.